The molecule has 14 heavy (non-hydrogen) atoms. The quantitative estimate of drug-likeness (QED) is 0.691. The Morgan fingerprint density at radius 1 is 1.50 bits per heavy atom. The van der Waals surface area contributed by atoms with Gasteiger partial charge in [-0.3, -0.25) is 0 Å². The summed E-state index contributed by atoms with van der Waals surface area (Å²) in [5, 5.41) is 3.29. The van der Waals surface area contributed by atoms with Gasteiger partial charge in [-0.2, -0.15) is 4.39 Å². The molecule has 3 heteroatoms. The van der Waals surface area contributed by atoms with Crippen LogP contribution in [0.4, 0.5) is 4.39 Å². The lowest BCUT2D eigenvalue weighted by molar-refractivity contribution is 0.546. The molecule has 1 aliphatic heterocycles. The van der Waals surface area contributed by atoms with Gasteiger partial charge in [-0.15, -0.1) is 0 Å². The van der Waals surface area contributed by atoms with E-state index in [1.807, 2.05) is 0 Å². The molecule has 0 saturated heterocycles. The van der Waals surface area contributed by atoms with E-state index in [1.54, 1.807) is 6.07 Å². The SMILES string of the molecule is CC(C)c1cc(F)nc2c1CNCC2. The lowest BCUT2D eigenvalue weighted by atomic mass is 9.94. The maximum Gasteiger partial charge on any atom is 0.213 e. The van der Waals surface area contributed by atoms with Crippen molar-refractivity contribution in [1.82, 2.24) is 10.3 Å². The van der Waals surface area contributed by atoms with Gasteiger partial charge in [0.15, 0.2) is 0 Å². The summed E-state index contributed by atoms with van der Waals surface area (Å²) in [6.07, 6.45) is 0.840. The number of rotatable bonds is 1. The molecule has 0 bridgehead atoms. The zero-order valence-corrected chi connectivity index (χ0v) is 8.60. The summed E-state index contributed by atoms with van der Waals surface area (Å²) in [5.74, 6) is 0.0236. The Labute approximate surface area is 83.6 Å². The fourth-order valence-corrected chi connectivity index (χ4v) is 1.96. The van der Waals surface area contributed by atoms with Crippen LogP contribution < -0.4 is 5.32 Å². The van der Waals surface area contributed by atoms with Gasteiger partial charge in [0.25, 0.3) is 0 Å². The zero-order valence-electron chi connectivity index (χ0n) is 8.60. The standard InChI is InChI=1S/C11H15FN2/c1-7(2)8-5-11(12)14-10-3-4-13-6-9(8)10/h5,7,13H,3-4,6H2,1-2H3. The largest absolute Gasteiger partial charge is 0.312 e. The second kappa shape index (κ2) is 3.65. The van der Waals surface area contributed by atoms with E-state index in [-0.39, 0.29) is 5.95 Å². The van der Waals surface area contributed by atoms with Crippen molar-refractivity contribution in [3.63, 3.8) is 0 Å². The van der Waals surface area contributed by atoms with Crippen molar-refractivity contribution >= 4 is 0 Å². The smallest absolute Gasteiger partial charge is 0.213 e. The van der Waals surface area contributed by atoms with E-state index in [9.17, 15) is 4.39 Å². The number of nitrogens with one attached hydrogen (secondary N) is 1. The third-order valence-corrected chi connectivity index (χ3v) is 2.68. The molecule has 2 nitrogen and oxygen atoms in total. The molecule has 0 radical (unpaired) electrons. The highest BCUT2D eigenvalue weighted by Gasteiger charge is 2.17. The van der Waals surface area contributed by atoms with Gasteiger partial charge in [0.05, 0.1) is 0 Å². The highest BCUT2D eigenvalue weighted by atomic mass is 19.1. The Balaban J connectivity index is 2.52. The molecule has 0 spiro atoms. The third-order valence-electron chi connectivity index (χ3n) is 2.68. The minimum absolute atomic E-state index is 0.339. The van der Waals surface area contributed by atoms with Gasteiger partial charge in [-0.25, -0.2) is 4.98 Å². The third kappa shape index (κ3) is 1.64. The second-order valence-corrected chi connectivity index (χ2v) is 4.04. The first-order chi connectivity index (χ1) is 6.68. The Morgan fingerprint density at radius 3 is 3.00 bits per heavy atom. The summed E-state index contributed by atoms with van der Waals surface area (Å²) in [6.45, 7) is 5.91. The molecule has 2 heterocycles. The van der Waals surface area contributed by atoms with Crippen LogP contribution in [-0.4, -0.2) is 11.5 Å². The first-order valence-corrected chi connectivity index (χ1v) is 5.07. The number of pyridine rings is 1. The van der Waals surface area contributed by atoms with Crippen molar-refractivity contribution in [2.24, 2.45) is 0 Å². The molecule has 1 N–H and O–H groups in total. The highest BCUT2D eigenvalue weighted by Crippen LogP contribution is 2.24. The first kappa shape index (κ1) is 9.59. The summed E-state index contributed by atoms with van der Waals surface area (Å²) in [7, 11) is 0. The van der Waals surface area contributed by atoms with E-state index in [1.165, 1.54) is 5.56 Å². The molecule has 0 aliphatic carbocycles. The Morgan fingerprint density at radius 2 is 2.29 bits per heavy atom. The van der Waals surface area contributed by atoms with Crippen LogP contribution in [0.15, 0.2) is 6.07 Å². The number of aromatic nitrogens is 1. The van der Waals surface area contributed by atoms with Gasteiger partial charge < -0.3 is 5.32 Å². The van der Waals surface area contributed by atoms with Crippen LogP contribution in [0.3, 0.4) is 0 Å². The van der Waals surface area contributed by atoms with Crippen LogP contribution in [0.2, 0.25) is 0 Å². The Kier molecular flexibility index (Phi) is 2.50. The second-order valence-electron chi connectivity index (χ2n) is 4.04. The molecule has 0 fully saturated rings. The van der Waals surface area contributed by atoms with E-state index in [2.05, 4.69) is 24.1 Å². The molecule has 76 valence electrons. The minimum Gasteiger partial charge on any atom is -0.312 e. The first-order valence-electron chi connectivity index (χ1n) is 5.07. The Bertz CT molecular complexity index is 347. The van der Waals surface area contributed by atoms with Crippen LogP contribution >= 0.6 is 0 Å². The van der Waals surface area contributed by atoms with Gasteiger partial charge in [0.1, 0.15) is 0 Å². The zero-order chi connectivity index (χ0) is 10.1. The van der Waals surface area contributed by atoms with Gasteiger partial charge in [0, 0.05) is 25.2 Å². The van der Waals surface area contributed by atoms with Gasteiger partial charge in [-0.05, 0) is 23.1 Å². The van der Waals surface area contributed by atoms with Crippen LogP contribution in [-0.2, 0) is 13.0 Å². The average Bonchev–Trinajstić information content (AvgIpc) is 2.16. The van der Waals surface area contributed by atoms with Crippen molar-refractivity contribution in [2.45, 2.75) is 32.7 Å². The number of fused-ring (bicyclic) bond motifs is 1. The molecule has 0 amide bonds. The predicted molar refractivity (Wildman–Crippen MR) is 53.7 cm³/mol. The van der Waals surface area contributed by atoms with Crippen LogP contribution in [0, 0.1) is 5.95 Å². The van der Waals surface area contributed by atoms with Crippen molar-refractivity contribution in [1.29, 1.82) is 0 Å². The highest BCUT2D eigenvalue weighted by molar-refractivity contribution is 5.34. The predicted octanol–water partition coefficient (Wildman–Crippen LogP) is 1.99. The molecule has 0 saturated carbocycles. The van der Waals surface area contributed by atoms with Crippen LogP contribution in [0.1, 0.15) is 36.6 Å². The summed E-state index contributed by atoms with van der Waals surface area (Å²) >= 11 is 0. The maximum atomic E-state index is 13.2. The molecular weight excluding hydrogens is 179 g/mol. The fraction of sp³-hybridized carbons (Fsp3) is 0.545. The van der Waals surface area contributed by atoms with E-state index < -0.39 is 0 Å². The van der Waals surface area contributed by atoms with Gasteiger partial charge in [0.2, 0.25) is 5.95 Å². The van der Waals surface area contributed by atoms with Crippen molar-refractivity contribution in [2.75, 3.05) is 6.54 Å². The van der Waals surface area contributed by atoms with Crippen LogP contribution in [0.5, 0.6) is 0 Å². The molecule has 0 aromatic carbocycles. The van der Waals surface area contributed by atoms with Crippen molar-refractivity contribution in [3.8, 4) is 0 Å². The topological polar surface area (TPSA) is 24.9 Å². The number of nitrogens with zero attached hydrogens (tertiary/aromatic N) is 1. The molecule has 1 aliphatic rings. The average molecular weight is 194 g/mol. The normalized spacial score (nSPS) is 15.7. The minimum atomic E-state index is -0.339. The van der Waals surface area contributed by atoms with E-state index in [0.29, 0.717) is 5.92 Å². The summed E-state index contributed by atoms with van der Waals surface area (Å²) in [4.78, 5) is 3.95. The van der Waals surface area contributed by atoms with Crippen molar-refractivity contribution < 1.29 is 4.39 Å². The monoisotopic (exact) mass is 194 g/mol. The molecule has 2 rings (SSSR count). The van der Waals surface area contributed by atoms with E-state index in [4.69, 9.17) is 0 Å². The molecule has 0 unspecified atom stereocenters. The lowest BCUT2D eigenvalue weighted by Crippen LogP contribution is -2.26. The number of hydrogen-bond donors (Lipinski definition) is 1. The number of halogens is 1. The van der Waals surface area contributed by atoms with Gasteiger partial charge >= 0.3 is 0 Å². The number of hydrogen-bond acceptors (Lipinski definition) is 2. The summed E-state index contributed by atoms with van der Waals surface area (Å²) < 4.78 is 13.2. The molecule has 1 aromatic heterocycles. The summed E-state index contributed by atoms with van der Waals surface area (Å²) in [6, 6.07) is 1.57. The molecule has 1 aromatic rings. The van der Waals surface area contributed by atoms with E-state index in [0.717, 1.165) is 30.8 Å². The van der Waals surface area contributed by atoms with Crippen LogP contribution in [0.25, 0.3) is 0 Å². The summed E-state index contributed by atoms with van der Waals surface area (Å²) in [5.41, 5.74) is 3.24. The van der Waals surface area contributed by atoms with E-state index >= 15 is 0 Å². The molecular formula is C11H15FN2. The molecule has 0 atom stereocenters. The lowest BCUT2D eigenvalue weighted by Gasteiger charge is -2.21. The van der Waals surface area contributed by atoms with Crippen molar-refractivity contribution in [3.05, 3.63) is 28.8 Å². The maximum absolute atomic E-state index is 13.2. The fourth-order valence-electron chi connectivity index (χ4n) is 1.96. The Hall–Kier alpha value is -0.960. The van der Waals surface area contributed by atoms with Gasteiger partial charge in [-0.1, -0.05) is 13.8 Å².